The molecule has 1 heterocycles. The van der Waals surface area contributed by atoms with Crippen LogP contribution in [0.2, 0.25) is 0 Å². The molecule has 1 aliphatic rings. The van der Waals surface area contributed by atoms with Crippen LogP contribution in [0.3, 0.4) is 0 Å². The van der Waals surface area contributed by atoms with Crippen molar-refractivity contribution in [3.63, 3.8) is 0 Å². The van der Waals surface area contributed by atoms with Crippen molar-refractivity contribution in [2.75, 3.05) is 38.5 Å². The highest BCUT2D eigenvalue weighted by Gasteiger charge is 2.29. The summed E-state index contributed by atoms with van der Waals surface area (Å²) in [6, 6.07) is 12.0. The monoisotopic (exact) mass is 418 g/mol. The average Bonchev–Trinajstić information content (AvgIpc) is 2.72. The first-order valence-corrected chi connectivity index (χ1v) is 11.0. The van der Waals surface area contributed by atoms with Crippen molar-refractivity contribution in [1.29, 1.82) is 0 Å². The zero-order valence-electron chi connectivity index (χ0n) is 16.7. The van der Waals surface area contributed by atoms with Gasteiger partial charge in [-0.15, -0.1) is 0 Å². The Morgan fingerprint density at radius 3 is 2.34 bits per heavy atom. The van der Waals surface area contributed by atoms with Crippen molar-refractivity contribution < 1.29 is 13.3 Å². The molecule has 29 heavy (non-hydrogen) atoms. The Labute approximate surface area is 171 Å². The minimum absolute atomic E-state index is 0.0479. The smallest absolute Gasteiger partial charge is 0.293 e. The summed E-state index contributed by atoms with van der Waals surface area (Å²) in [6.07, 6.45) is 0.863. The van der Waals surface area contributed by atoms with E-state index in [2.05, 4.69) is 17.1 Å². The number of sulfonamides is 1. The van der Waals surface area contributed by atoms with Gasteiger partial charge in [0.05, 0.1) is 9.82 Å². The van der Waals surface area contributed by atoms with Crippen molar-refractivity contribution in [3.05, 3.63) is 63.7 Å². The first-order valence-electron chi connectivity index (χ1n) is 9.60. The lowest BCUT2D eigenvalue weighted by Crippen LogP contribution is -2.47. The largest absolute Gasteiger partial charge is 0.375 e. The number of rotatable bonds is 7. The Morgan fingerprint density at radius 1 is 1.07 bits per heavy atom. The van der Waals surface area contributed by atoms with E-state index in [-0.39, 0.29) is 10.6 Å². The van der Waals surface area contributed by atoms with Crippen LogP contribution in [0.15, 0.2) is 47.4 Å². The van der Waals surface area contributed by atoms with Gasteiger partial charge in [-0.1, -0.05) is 31.2 Å². The van der Waals surface area contributed by atoms with Crippen molar-refractivity contribution in [1.82, 2.24) is 9.21 Å². The summed E-state index contributed by atoms with van der Waals surface area (Å²) in [6.45, 7) is 4.51. The maximum absolute atomic E-state index is 12.9. The SMILES string of the molecule is CCc1ccccc1CNc1ccc(S(=O)(=O)N2CCN(C)CC2)cc1[N+](=O)[O-]. The maximum Gasteiger partial charge on any atom is 0.293 e. The number of hydrogen-bond acceptors (Lipinski definition) is 6. The normalized spacial score (nSPS) is 15.9. The standard InChI is InChI=1S/C20H26N4O4S/c1-3-16-6-4-5-7-17(16)15-21-19-9-8-18(14-20(19)24(25)26)29(27,28)23-12-10-22(2)11-13-23/h4-9,14,21H,3,10-13,15H2,1-2H3. The zero-order chi connectivity index (χ0) is 21.0. The molecule has 2 aromatic carbocycles. The average molecular weight is 419 g/mol. The van der Waals surface area contributed by atoms with Crippen LogP contribution >= 0.6 is 0 Å². The molecule has 1 fully saturated rings. The van der Waals surface area contributed by atoms with Crippen LogP contribution in [0.5, 0.6) is 0 Å². The first kappa shape index (κ1) is 21.2. The van der Waals surface area contributed by atoms with Gasteiger partial charge in [-0.3, -0.25) is 10.1 Å². The molecular formula is C20H26N4O4S. The fourth-order valence-corrected chi connectivity index (χ4v) is 4.86. The third-order valence-corrected chi connectivity index (χ3v) is 7.13. The molecule has 0 aliphatic carbocycles. The molecule has 8 nitrogen and oxygen atoms in total. The number of nitro groups is 1. The summed E-state index contributed by atoms with van der Waals surface area (Å²) < 4.78 is 27.2. The summed E-state index contributed by atoms with van der Waals surface area (Å²) in [7, 11) is -1.83. The summed E-state index contributed by atoms with van der Waals surface area (Å²) in [5.41, 5.74) is 2.28. The highest BCUT2D eigenvalue weighted by Crippen LogP contribution is 2.30. The van der Waals surface area contributed by atoms with E-state index in [0.29, 0.717) is 38.4 Å². The molecule has 156 valence electrons. The Morgan fingerprint density at radius 2 is 1.72 bits per heavy atom. The van der Waals surface area contributed by atoms with E-state index in [9.17, 15) is 18.5 Å². The highest BCUT2D eigenvalue weighted by atomic mass is 32.2. The van der Waals surface area contributed by atoms with Crippen LogP contribution < -0.4 is 5.32 Å². The van der Waals surface area contributed by atoms with E-state index in [0.717, 1.165) is 23.6 Å². The van der Waals surface area contributed by atoms with Gasteiger partial charge in [-0.05, 0) is 36.7 Å². The molecule has 0 saturated carbocycles. The van der Waals surface area contributed by atoms with Crippen LogP contribution in [0.25, 0.3) is 0 Å². The predicted octanol–water partition coefficient (Wildman–Crippen LogP) is 2.71. The van der Waals surface area contributed by atoms with Crippen molar-refractivity contribution in [2.45, 2.75) is 24.8 Å². The molecule has 0 bridgehead atoms. The number of hydrogen-bond donors (Lipinski definition) is 1. The maximum atomic E-state index is 12.9. The van der Waals surface area contributed by atoms with Gasteiger partial charge in [0.15, 0.2) is 0 Å². The lowest BCUT2D eigenvalue weighted by molar-refractivity contribution is -0.384. The molecule has 0 atom stereocenters. The molecule has 0 aromatic heterocycles. The Kier molecular flexibility index (Phi) is 6.51. The van der Waals surface area contributed by atoms with Gasteiger partial charge in [-0.25, -0.2) is 8.42 Å². The first-order chi connectivity index (χ1) is 13.8. The number of aryl methyl sites for hydroxylation is 1. The minimum Gasteiger partial charge on any atom is -0.375 e. The predicted molar refractivity (Wildman–Crippen MR) is 112 cm³/mol. The molecule has 3 rings (SSSR count). The fraction of sp³-hybridized carbons (Fsp3) is 0.400. The molecule has 0 amide bonds. The molecule has 1 saturated heterocycles. The molecule has 9 heteroatoms. The third-order valence-electron chi connectivity index (χ3n) is 5.23. The number of nitrogens with one attached hydrogen (secondary N) is 1. The van der Waals surface area contributed by atoms with Gasteiger partial charge in [-0.2, -0.15) is 4.31 Å². The molecule has 0 radical (unpaired) electrons. The van der Waals surface area contributed by atoms with Gasteiger partial charge < -0.3 is 10.2 Å². The second-order valence-electron chi connectivity index (χ2n) is 7.12. The number of anilines is 1. The van der Waals surface area contributed by atoms with Crippen LogP contribution in [-0.4, -0.2) is 55.8 Å². The lowest BCUT2D eigenvalue weighted by Gasteiger charge is -2.31. The Balaban J connectivity index is 1.84. The van der Waals surface area contributed by atoms with Gasteiger partial charge in [0.1, 0.15) is 5.69 Å². The number of likely N-dealkylation sites (N-methyl/N-ethyl adjacent to an activating group) is 1. The second kappa shape index (κ2) is 8.89. The van der Waals surface area contributed by atoms with E-state index in [1.807, 2.05) is 31.3 Å². The highest BCUT2D eigenvalue weighted by molar-refractivity contribution is 7.89. The van der Waals surface area contributed by atoms with Crippen LogP contribution in [0.1, 0.15) is 18.1 Å². The van der Waals surface area contributed by atoms with E-state index in [1.54, 1.807) is 0 Å². The van der Waals surface area contributed by atoms with Gasteiger partial charge in [0.2, 0.25) is 10.0 Å². The number of nitrogens with zero attached hydrogens (tertiary/aromatic N) is 3. The third kappa shape index (κ3) is 4.75. The number of piperazine rings is 1. The van der Waals surface area contributed by atoms with Crippen LogP contribution in [0.4, 0.5) is 11.4 Å². The van der Waals surface area contributed by atoms with E-state index in [1.165, 1.54) is 16.4 Å². The quantitative estimate of drug-likeness (QED) is 0.549. The van der Waals surface area contributed by atoms with E-state index >= 15 is 0 Å². The molecular weight excluding hydrogens is 392 g/mol. The van der Waals surface area contributed by atoms with Gasteiger partial charge in [0, 0.05) is 38.8 Å². The van der Waals surface area contributed by atoms with Crippen molar-refractivity contribution in [3.8, 4) is 0 Å². The lowest BCUT2D eigenvalue weighted by atomic mass is 10.1. The molecule has 1 N–H and O–H groups in total. The summed E-state index contributed by atoms with van der Waals surface area (Å²) in [4.78, 5) is 13.1. The summed E-state index contributed by atoms with van der Waals surface area (Å²) >= 11 is 0. The molecule has 0 spiro atoms. The van der Waals surface area contributed by atoms with Gasteiger partial charge in [0.25, 0.3) is 5.69 Å². The molecule has 2 aromatic rings. The second-order valence-corrected chi connectivity index (χ2v) is 9.06. The minimum atomic E-state index is -3.76. The summed E-state index contributed by atoms with van der Waals surface area (Å²) in [5.74, 6) is 0. The van der Waals surface area contributed by atoms with Crippen LogP contribution in [-0.2, 0) is 23.0 Å². The number of nitro benzene ring substituents is 1. The Hall–Kier alpha value is -2.49. The zero-order valence-corrected chi connectivity index (χ0v) is 17.5. The van der Waals surface area contributed by atoms with Crippen LogP contribution in [0, 0.1) is 10.1 Å². The van der Waals surface area contributed by atoms with Gasteiger partial charge >= 0.3 is 0 Å². The Bertz CT molecular complexity index is 986. The van der Waals surface area contributed by atoms with Crippen molar-refractivity contribution in [2.24, 2.45) is 0 Å². The number of benzene rings is 2. The van der Waals surface area contributed by atoms with Crippen molar-refractivity contribution >= 4 is 21.4 Å². The van der Waals surface area contributed by atoms with E-state index in [4.69, 9.17) is 0 Å². The van der Waals surface area contributed by atoms with E-state index < -0.39 is 14.9 Å². The summed E-state index contributed by atoms with van der Waals surface area (Å²) in [5, 5.41) is 14.7. The fourth-order valence-electron chi connectivity index (χ4n) is 3.42. The molecule has 0 unspecified atom stereocenters. The molecule has 1 aliphatic heterocycles. The topological polar surface area (TPSA) is 95.8 Å².